The van der Waals surface area contributed by atoms with Crippen LogP contribution in [0.1, 0.15) is 45.4 Å². The van der Waals surface area contributed by atoms with Gasteiger partial charge in [0.2, 0.25) is 0 Å². The van der Waals surface area contributed by atoms with Crippen LogP contribution in [0, 0.1) is 0 Å². The van der Waals surface area contributed by atoms with Crippen molar-refractivity contribution in [3.8, 4) is 0 Å². The number of methoxy groups -OCH3 is 1. The van der Waals surface area contributed by atoms with E-state index in [-0.39, 0.29) is 5.60 Å². The Labute approximate surface area is 75.8 Å². The molecule has 1 nitrogen and oxygen atoms in total. The highest BCUT2D eigenvalue weighted by atomic mass is 16.5. The molecular weight excluding hydrogens is 148 g/mol. The van der Waals surface area contributed by atoms with Crippen LogP contribution < -0.4 is 0 Å². The fourth-order valence-corrected chi connectivity index (χ4v) is 2.02. The third kappa shape index (κ3) is 2.34. The highest BCUT2D eigenvalue weighted by Crippen LogP contribution is 2.34. The van der Waals surface area contributed by atoms with Crippen LogP contribution in [0.25, 0.3) is 0 Å². The second-order valence-corrected chi connectivity index (χ2v) is 3.72. The molecule has 1 fully saturated rings. The Balaban J connectivity index is 2.47. The van der Waals surface area contributed by atoms with E-state index in [1.165, 1.54) is 32.1 Å². The average molecular weight is 168 g/mol. The molecule has 1 heteroatoms. The molecule has 1 saturated carbocycles. The van der Waals surface area contributed by atoms with Crippen LogP contribution in [-0.2, 0) is 4.74 Å². The van der Waals surface area contributed by atoms with E-state index in [4.69, 9.17) is 4.74 Å². The minimum absolute atomic E-state index is 0.185. The summed E-state index contributed by atoms with van der Waals surface area (Å²) in [5.41, 5.74) is 0.185. The van der Waals surface area contributed by atoms with Crippen molar-refractivity contribution in [1.82, 2.24) is 0 Å². The number of hydrogen-bond acceptors (Lipinski definition) is 1. The lowest BCUT2D eigenvalue weighted by Gasteiger charge is -2.35. The third-order valence-corrected chi connectivity index (χ3v) is 2.92. The molecule has 0 aromatic carbocycles. The topological polar surface area (TPSA) is 9.23 Å². The van der Waals surface area contributed by atoms with Crippen LogP contribution >= 0.6 is 0 Å². The largest absolute Gasteiger partial charge is 0.378 e. The first-order chi connectivity index (χ1) is 5.83. The Morgan fingerprint density at radius 3 is 2.42 bits per heavy atom. The molecule has 1 aliphatic rings. The number of ether oxygens (including phenoxy) is 1. The Bertz CT molecular complexity index is 143. The number of hydrogen-bond donors (Lipinski definition) is 0. The molecule has 0 aromatic rings. The molecule has 0 saturated heterocycles. The van der Waals surface area contributed by atoms with Crippen LogP contribution in [0.5, 0.6) is 0 Å². The van der Waals surface area contributed by atoms with Gasteiger partial charge < -0.3 is 4.74 Å². The van der Waals surface area contributed by atoms with Gasteiger partial charge in [0, 0.05) is 7.11 Å². The lowest BCUT2D eigenvalue weighted by molar-refractivity contribution is -0.0365. The second kappa shape index (κ2) is 4.66. The molecular formula is C11H20O. The minimum Gasteiger partial charge on any atom is -0.378 e. The molecule has 0 N–H and O–H groups in total. The van der Waals surface area contributed by atoms with E-state index >= 15 is 0 Å². The van der Waals surface area contributed by atoms with E-state index in [9.17, 15) is 0 Å². The molecule has 0 bridgehead atoms. The van der Waals surface area contributed by atoms with Crippen LogP contribution in [0.15, 0.2) is 12.2 Å². The standard InChI is InChI=1S/C11H20O/c1-3-4-8-11(12-2)9-6-5-7-10-11/h3-4H,5-10H2,1-2H3/b4-3+. The third-order valence-electron chi connectivity index (χ3n) is 2.92. The van der Waals surface area contributed by atoms with Gasteiger partial charge in [-0.2, -0.15) is 0 Å². The summed E-state index contributed by atoms with van der Waals surface area (Å²) in [6, 6.07) is 0. The summed E-state index contributed by atoms with van der Waals surface area (Å²) in [6.07, 6.45) is 12.0. The highest BCUT2D eigenvalue weighted by molar-refractivity contribution is 4.92. The van der Waals surface area contributed by atoms with Gasteiger partial charge in [0.1, 0.15) is 0 Å². The van der Waals surface area contributed by atoms with Gasteiger partial charge in [0.05, 0.1) is 5.60 Å². The zero-order valence-corrected chi connectivity index (χ0v) is 8.31. The van der Waals surface area contributed by atoms with E-state index in [0.29, 0.717) is 0 Å². The summed E-state index contributed by atoms with van der Waals surface area (Å²) < 4.78 is 5.63. The summed E-state index contributed by atoms with van der Waals surface area (Å²) in [6.45, 7) is 2.08. The first-order valence-electron chi connectivity index (χ1n) is 4.99. The van der Waals surface area contributed by atoms with E-state index in [2.05, 4.69) is 19.1 Å². The van der Waals surface area contributed by atoms with Crippen molar-refractivity contribution in [3.05, 3.63) is 12.2 Å². The summed E-state index contributed by atoms with van der Waals surface area (Å²) in [5.74, 6) is 0. The minimum atomic E-state index is 0.185. The van der Waals surface area contributed by atoms with Gasteiger partial charge >= 0.3 is 0 Å². The van der Waals surface area contributed by atoms with E-state index < -0.39 is 0 Å². The normalized spacial score (nSPS) is 23.2. The maximum absolute atomic E-state index is 5.63. The maximum atomic E-state index is 5.63. The molecule has 70 valence electrons. The molecule has 0 aliphatic heterocycles. The summed E-state index contributed by atoms with van der Waals surface area (Å²) in [7, 11) is 1.86. The van der Waals surface area contributed by atoms with E-state index in [1.54, 1.807) is 0 Å². The SMILES string of the molecule is C/C=C/CC1(OC)CCCCC1. The van der Waals surface area contributed by atoms with Gasteiger partial charge in [0.25, 0.3) is 0 Å². The van der Waals surface area contributed by atoms with Crippen molar-refractivity contribution in [2.45, 2.75) is 51.0 Å². The zero-order chi connectivity index (χ0) is 8.86. The molecule has 0 heterocycles. The monoisotopic (exact) mass is 168 g/mol. The van der Waals surface area contributed by atoms with Crippen molar-refractivity contribution < 1.29 is 4.74 Å². The second-order valence-electron chi connectivity index (χ2n) is 3.72. The molecule has 12 heavy (non-hydrogen) atoms. The lowest BCUT2D eigenvalue weighted by Crippen LogP contribution is -2.33. The smallest absolute Gasteiger partial charge is 0.0713 e. The van der Waals surface area contributed by atoms with Gasteiger partial charge in [-0.05, 0) is 26.2 Å². The first kappa shape index (κ1) is 9.79. The lowest BCUT2D eigenvalue weighted by atomic mass is 9.82. The van der Waals surface area contributed by atoms with E-state index in [0.717, 1.165) is 6.42 Å². The van der Waals surface area contributed by atoms with Gasteiger partial charge in [-0.15, -0.1) is 0 Å². The summed E-state index contributed by atoms with van der Waals surface area (Å²) >= 11 is 0. The van der Waals surface area contributed by atoms with Gasteiger partial charge in [-0.1, -0.05) is 31.4 Å². The van der Waals surface area contributed by atoms with Crippen molar-refractivity contribution >= 4 is 0 Å². The van der Waals surface area contributed by atoms with Crippen molar-refractivity contribution in [2.24, 2.45) is 0 Å². The summed E-state index contributed by atoms with van der Waals surface area (Å²) in [4.78, 5) is 0. The number of rotatable bonds is 3. The van der Waals surface area contributed by atoms with Crippen LogP contribution in [-0.4, -0.2) is 12.7 Å². The molecule has 0 amide bonds. The fourth-order valence-electron chi connectivity index (χ4n) is 2.02. The molecule has 0 atom stereocenters. The Morgan fingerprint density at radius 2 is 1.92 bits per heavy atom. The number of allylic oxidation sites excluding steroid dienone is 1. The Morgan fingerprint density at radius 1 is 1.25 bits per heavy atom. The van der Waals surface area contributed by atoms with Gasteiger partial charge in [0.15, 0.2) is 0 Å². The molecule has 1 aliphatic carbocycles. The predicted octanol–water partition coefficient (Wildman–Crippen LogP) is 3.30. The molecule has 0 radical (unpaired) electrons. The Kier molecular flexibility index (Phi) is 3.80. The molecule has 0 spiro atoms. The molecule has 0 unspecified atom stereocenters. The fraction of sp³-hybridized carbons (Fsp3) is 0.818. The van der Waals surface area contributed by atoms with Crippen molar-refractivity contribution in [3.63, 3.8) is 0 Å². The predicted molar refractivity (Wildman–Crippen MR) is 52.3 cm³/mol. The zero-order valence-electron chi connectivity index (χ0n) is 8.31. The van der Waals surface area contributed by atoms with Crippen LogP contribution in [0.3, 0.4) is 0 Å². The Hall–Kier alpha value is -0.300. The van der Waals surface area contributed by atoms with Gasteiger partial charge in [-0.3, -0.25) is 0 Å². The maximum Gasteiger partial charge on any atom is 0.0713 e. The summed E-state index contributed by atoms with van der Waals surface area (Å²) in [5, 5.41) is 0. The first-order valence-corrected chi connectivity index (χ1v) is 4.99. The van der Waals surface area contributed by atoms with E-state index in [1.807, 2.05) is 7.11 Å². The van der Waals surface area contributed by atoms with Crippen molar-refractivity contribution in [2.75, 3.05) is 7.11 Å². The van der Waals surface area contributed by atoms with Crippen LogP contribution in [0.4, 0.5) is 0 Å². The van der Waals surface area contributed by atoms with Crippen LogP contribution in [0.2, 0.25) is 0 Å². The quantitative estimate of drug-likeness (QED) is 0.587. The van der Waals surface area contributed by atoms with Gasteiger partial charge in [-0.25, -0.2) is 0 Å². The molecule has 1 rings (SSSR count). The average Bonchev–Trinajstić information content (AvgIpc) is 2.16. The van der Waals surface area contributed by atoms with Crippen molar-refractivity contribution in [1.29, 1.82) is 0 Å². The highest BCUT2D eigenvalue weighted by Gasteiger charge is 2.29. The molecule has 0 aromatic heterocycles.